The van der Waals surface area contributed by atoms with Gasteiger partial charge in [0.05, 0.1) is 13.2 Å². The Morgan fingerprint density at radius 1 is 1.37 bits per heavy atom. The van der Waals surface area contributed by atoms with Gasteiger partial charge in [0.15, 0.2) is 5.65 Å². The SMILES string of the molecule is CCc1c(C)nc(N2CCOCC2)n2c(=O)[nH]nc12. The molecule has 1 fully saturated rings. The molecule has 2 aromatic heterocycles. The lowest BCUT2D eigenvalue weighted by Gasteiger charge is -2.28. The zero-order valence-corrected chi connectivity index (χ0v) is 11.1. The Morgan fingerprint density at radius 3 is 2.79 bits per heavy atom. The summed E-state index contributed by atoms with van der Waals surface area (Å²) in [7, 11) is 0. The molecule has 0 aliphatic carbocycles. The van der Waals surface area contributed by atoms with Gasteiger partial charge in [-0.25, -0.2) is 19.3 Å². The molecule has 0 radical (unpaired) electrons. The lowest BCUT2D eigenvalue weighted by Crippen LogP contribution is -2.39. The predicted molar refractivity (Wildman–Crippen MR) is 70.8 cm³/mol. The predicted octanol–water partition coefficient (Wildman–Crippen LogP) is 0.125. The summed E-state index contributed by atoms with van der Waals surface area (Å²) in [6, 6.07) is 0. The number of nitrogens with zero attached hydrogens (tertiary/aromatic N) is 4. The average molecular weight is 263 g/mol. The lowest BCUT2D eigenvalue weighted by atomic mass is 10.2. The third-order valence-corrected chi connectivity index (χ3v) is 3.49. The number of morpholine rings is 1. The van der Waals surface area contributed by atoms with Crippen LogP contribution in [0.5, 0.6) is 0 Å². The summed E-state index contributed by atoms with van der Waals surface area (Å²) >= 11 is 0. The molecule has 1 N–H and O–H groups in total. The first-order chi connectivity index (χ1) is 9.22. The van der Waals surface area contributed by atoms with Gasteiger partial charge in [0, 0.05) is 24.3 Å². The van der Waals surface area contributed by atoms with Gasteiger partial charge in [-0.3, -0.25) is 0 Å². The summed E-state index contributed by atoms with van der Waals surface area (Å²) in [5.74, 6) is 0.659. The van der Waals surface area contributed by atoms with E-state index in [4.69, 9.17) is 4.74 Å². The minimum atomic E-state index is -0.237. The molecule has 0 bridgehead atoms. The fourth-order valence-corrected chi connectivity index (χ4v) is 2.50. The number of hydrogen-bond acceptors (Lipinski definition) is 5. The number of fused-ring (bicyclic) bond motifs is 1. The highest BCUT2D eigenvalue weighted by molar-refractivity contribution is 5.54. The van der Waals surface area contributed by atoms with Gasteiger partial charge in [0.2, 0.25) is 5.95 Å². The minimum Gasteiger partial charge on any atom is -0.378 e. The van der Waals surface area contributed by atoms with Crippen molar-refractivity contribution in [3.63, 3.8) is 0 Å². The number of aryl methyl sites for hydroxylation is 2. The number of rotatable bonds is 2. The van der Waals surface area contributed by atoms with Crippen molar-refractivity contribution in [1.82, 2.24) is 19.6 Å². The third-order valence-electron chi connectivity index (χ3n) is 3.49. The van der Waals surface area contributed by atoms with Crippen LogP contribution in [-0.4, -0.2) is 45.9 Å². The number of aromatic amines is 1. The molecule has 3 rings (SSSR count). The molecule has 0 saturated carbocycles. The standard InChI is InChI=1S/C12H17N5O2/c1-3-9-8(2)13-11(16-4-6-19-7-5-16)17-10(9)14-15-12(17)18/h3-7H2,1-2H3,(H,15,18). The van der Waals surface area contributed by atoms with Crippen LogP contribution in [0.25, 0.3) is 5.65 Å². The molecule has 0 unspecified atom stereocenters. The van der Waals surface area contributed by atoms with Crippen molar-refractivity contribution in [2.24, 2.45) is 0 Å². The number of ether oxygens (including phenoxy) is 1. The molecule has 1 aliphatic rings. The van der Waals surface area contributed by atoms with Crippen LogP contribution in [0.4, 0.5) is 5.95 Å². The van der Waals surface area contributed by atoms with Gasteiger partial charge in [-0.2, -0.15) is 5.10 Å². The van der Waals surface area contributed by atoms with E-state index in [0.29, 0.717) is 24.8 Å². The number of H-pyrrole nitrogens is 1. The first kappa shape index (κ1) is 12.2. The van der Waals surface area contributed by atoms with E-state index in [2.05, 4.69) is 20.1 Å². The van der Waals surface area contributed by atoms with Crippen molar-refractivity contribution in [2.75, 3.05) is 31.2 Å². The summed E-state index contributed by atoms with van der Waals surface area (Å²) in [5, 5.41) is 6.65. The van der Waals surface area contributed by atoms with Crippen LogP contribution in [0.2, 0.25) is 0 Å². The molecule has 2 aromatic rings. The Hall–Kier alpha value is -1.89. The first-order valence-corrected chi connectivity index (χ1v) is 6.51. The second kappa shape index (κ2) is 4.65. The monoisotopic (exact) mass is 263 g/mol. The van der Waals surface area contributed by atoms with E-state index in [1.165, 1.54) is 0 Å². The van der Waals surface area contributed by atoms with Crippen molar-refractivity contribution in [1.29, 1.82) is 0 Å². The van der Waals surface area contributed by atoms with Crippen LogP contribution >= 0.6 is 0 Å². The van der Waals surface area contributed by atoms with Gasteiger partial charge < -0.3 is 9.64 Å². The number of aromatic nitrogens is 4. The van der Waals surface area contributed by atoms with Crippen molar-refractivity contribution in [3.8, 4) is 0 Å². The van der Waals surface area contributed by atoms with Crippen LogP contribution < -0.4 is 10.6 Å². The highest BCUT2D eigenvalue weighted by Crippen LogP contribution is 2.19. The second-order valence-corrected chi connectivity index (χ2v) is 4.62. The topological polar surface area (TPSA) is 75.5 Å². The molecule has 0 atom stereocenters. The van der Waals surface area contributed by atoms with Crippen molar-refractivity contribution < 1.29 is 4.74 Å². The van der Waals surface area contributed by atoms with E-state index in [1.807, 2.05) is 13.8 Å². The molecular formula is C12H17N5O2. The normalized spacial score (nSPS) is 16.2. The van der Waals surface area contributed by atoms with E-state index in [0.717, 1.165) is 30.8 Å². The highest BCUT2D eigenvalue weighted by atomic mass is 16.5. The summed E-state index contributed by atoms with van der Waals surface area (Å²) in [4.78, 5) is 18.6. The first-order valence-electron chi connectivity index (χ1n) is 6.51. The summed E-state index contributed by atoms with van der Waals surface area (Å²) < 4.78 is 6.91. The molecule has 1 aliphatic heterocycles. The Morgan fingerprint density at radius 2 is 2.11 bits per heavy atom. The molecule has 1 saturated heterocycles. The van der Waals surface area contributed by atoms with E-state index >= 15 is 0 Å². The fraction of sp³-hybridized carbons (Fsp3) is 0.583. The molecule has 7 heteroatoms. The van der Waals surface area contributed by atoms with E-state index in [-0.39, 0.29) is 5.69 Å². The van der Waals surface area contributed by atoms with Gasteiger partial charge in [0.1, 0.15) is 0 Å². The van der Waals surface area contributed by atoms with Crippen LogP contribution in [-0.2, 0) is 11.2 Å². The van der Waals surface area contributed by atoms with E-state index in [1.54, 1.807) is 4.40 Å². The summed E-state index contributed by atoms with van der Waals surface area (Å²) in [5.41, 5.74) is 2.38. The molecule has 102 valence electrons. The Kier molecular flexibility index (Phi) is 2.98. The largest absolute Gasteiger partial charge is 0.378 e. The maximum absolute atomic E-state index is 12.0. The van der Waals surface area contributed by atoms with Gasteiger partial charge in [0.25, 0.3) is 0 Å². The van der Waals surface area contributed by atoms with Crippen molar-refractivity contribution in [2.45, 2.75) is 20.3 Å². The maximum Gasteiger partial charge on any atom is 0.350 e. The zero-order chi connectivity index (χ0) is 13.4. The Labute approximate surface area is 110 Å². The second-order valence-electron chi connectivity index (χ2n) is 4.62. The summed E-state index contributed by atoms with van der Waals surface area (Å²) in [6.45, 7) is 6.80. The van der Waals surface area contributed by atoms with Gasteiger partial charge in [-0.15, -0.1) is 0 Å². The van der Waals surface area contributed by atoms with Crippen LogP contribution in [0.1, 0.15) is 18.2 Å². The quantitative estimate of drug-likeness (QED) is 0.833. The molecule has 19 heavy (non-hydrogen) atoms. The summed E-state index contributed by atoms with van der Waals surface area (Å²) in [6.07, 6.45) is 0.802. The third kappa shape index (κ3) is 1.90. The maximum atomic E-state index is 12.0. The van der Waals surface area contributed by atoms with Crippen molar-refractivity contribution in [3.05, 3.63) is 21.7 Å². The van der Waals surface area contributed by atoms with Crippen molar-refractivity contribution >= 4 is 11.6 Å². The zero-order valence-electron chi connectivity index (χ0n) is 11.1. The highest BCUT2D eigenvalue weighted by Gasteiger charge is 2.20. The van der Waals surface area contributed by atoms with Crippen LogP contribution in [0.15, 0.2) is 4.79 Å². The number of anilines is 1. The Bertz CT molecular complexity index is 654. The average Bonchev–Trinajstić information content (AvgIpc) is 2.81. The van der Waals surface area contributed by atoms with Gasteiger partial charge >= 0.3 is 5.69 Å². The molecule has 0 aromatic carbocycles. The van der Waals surface area contributed by atoms with E-state index < -0.39 is 0 Å². The smallest absolute Gasteiger partial charge is 0.350 e. The number of nitrogens with one attached hydrogen (secondary N) is 1. The molecule has 0 spiro atoms. The molecule has 7 nitrogen and oxygen atoms in total. The van der Waals surface area contributed by atoms with E-state index in [9.17, 15) is 4.79 Å². The fourth-order valence-electron chi connectivity index (χ4n) is 2.50. The van der Waals surface area contributed by atoms with Gasteiger partial charge in [-0.1, -0.05) is 6.92 Å². The molecular weight excluding hydrogens is 246 g/mol. The van der Waals surface area contributed by atoms with Gasteiger partial charge in [-0.05, 0) is 13.3 Å². The molecule has 0 amide bonds. The van der Waals surface area contributed by atoms with Crippen LogP contribution in [0, 0.1) is 6.92 Å². The Balaban J connectivity index is 2.23. The van der Waals surface area contributed by atoms with Crippen LogP contribution in [0.3, 0.4) is 0 Å². The molecule has 3 heterocycles. The lowest BCUT2D eigenvalue weighted by molar-refractivity contribution is 0.122. The number of hydrogen-bond donors (Lipinski definition) is 1. The minimum absolute atomic E-state index is 0.237.